The minimum Gasteiger partial charge on any atom is -0.493 e. The van der Waals surface area contributed by atoms with Crippen LogP contribution in [0, 0.1) is 0 Å². The summed E-state index contributed by atoms with van der Waals surface area (Å²) in [5.41, 5.74) is 2.48. The van der Waals surface area contributed by atoms with Crippen molar-refractivity contribution in [2.24, 2.45) is 4.99 Å². The third-order valence-electron chi connectivity index (χ3n) is 7.19. The maximum atomic E-state index is 14.2. The summed E-state index contributed by atoms with van der Waals surface area (Å²) in [6.07, 6.45) is 1.75. The minimum absolute atomic E-state index is 0.161. The van der Waals surface area contributed by atoms with E-state index in [1.54, 1.807) is 51.3 Å². The number of nitrogens with zero attached hydrogens (tertiary/aromatic N) is 2. The van der Waals surface area contributed by atoms with E-state index >= 15 is 0 Å². The molecule has 0 unspecified atom stereocenters. The summed E-state index contributed by atoms with van der Waals surface area (Å²) in [6, 6.07) is 13.7. The predicted octanol–water partition coefficient (Wildman–Crippen LogP) is 6.58. The molecular weight excluding hydrogens is 764 g/mol. The summed E-state index contributed by atoms with van der Waals surface area (Å²) in [6.45, 7) is 3.85. The fraction of sp³-hybridized carbons (Fsp3) is 0.242. The lowest BCUT2D eigenvalue weighted by Gasteiger charge is -2.26. The van der Waals surface area contributed by atoms with Crippen molar-refractivity contribution < 1.29 is 28.5 Å². The van der Waals surface area contributed by atoms with Gasteiger partial charge in [0.1, 0.15) is 6.61 Å². The van der Waals surface area contributed by atoms with Crippen molar-refractivity contribution in [3.05, 3.63) is 110 Å². The van der Waals surface area contributed by atoms with Crippen LogP contribution >= 0.6 is 54.8 Å². The van der Waals surface area contributed by atoms with Crippen LogP contribution in [0.25, 0.3) is 6.08 Å². The molecule has 5 rings (SSSR count). The highest BCUT2D eigenvalue weighted by Gasteiger charge is 2.35. The molecule has 0 bridgehead atoms. The number of thiazole rings is 1. The first kappa shape index (κ1) is 33.8. The Hall–Kier alpha value is -3.58. The van der Waals surface area contributed by atoms with Crippen LogP contribution in [0.15, 0.2) is 78.5 Å². The number of carbonyl (C=O) groups is 1. The number of ether oxygens (including phenoxy) is 5. The van der Waals surface area contributed by atoms with Gasteiger partial charge in [0.2, 0.25) is 0 Å². The highest BCUT2D eigenvalue weighted by molar-refractivity contribution is 9.10. The molecule has 2 heterocycles. The third-order valence-corrected chi connectivity index (χ3v) is 9.82. The summed E-state index contributed by atoms with van der Waals surface area (Å²) in [5.74, 6) is 1.32. The molecule has 1 atom stereocenters. The molecule has 240 valence electrons. The Morgan fingerprint density at radius 1 is 1.02 bits per heavy atom. The van der Waals surface area contributed by atoms with Crippen LogP contribution in [0.3, 0.4) is 0 Å². The van der Waals surface area contributed by atoms with E-state index in [1.165, 1.54) is 30.1 Å². The van der Waals surface area contributed by atoms with Gasteiger partial charge in [0, 0.05) is 15.1 Å². The van der Waals surface area contributed by atoms with E-state index in [0.29, 0.717) is 63.1 Å². The van der Waals surface area contributed by atoms with E-state index in [0.717, 1.165) is 5.56 Å². The number of carbonyl (C=O) groups excluding carboxylic acids is 1. The van der Waals surface area contributed by atoms with Gasteiger partial charge in [-0.15, -0.1) is 0 Å². The molecular formula is C33H29Br2ClN2O7S. The van der Waals surface area contributed by atoms with Crippen LogP contribution in [0.1, 0.15) is 36.6 Å². The Morgan fingerprint density at radius 3 is 2.39 bits per heavy atom. The monoisotopic (exact) mass is 790 g/mol. The molecule has 13 heteroatoms. The van der Waals surface area contributed by atoms with Crippen LogP contribution in [-0.4, -0.2) is 38.5 Å². The minimum atomic E-state index is -0.853. The number of methoxy groups -OCH3 is 3. The van der Waals surface area contributed by atoms with E-state index in [2.05, 4.69) is 36.9 Å². The molecule has 0 aliphatic carbocycles. The molecule has 0 saturated carbocycles. The Balaban J connectivity index is 1.63. The van der Waals surface area contributed by atoms with Crippen LogP contribution in [0.5, 0.6) is 23.0 Å². The third kappa shape index (κ3) is 6.62. The average molecular weight is 793 g/mol. The SMILES string of the molecule is CCOC(=O)C1=C(C)N=c2s/c(=C\c3cc(Br)c(OCc4ccccc4Cl)c(OC)c3)c(=O)n2[C@H]1c1cc(OC)c(OC)cc1Br. The smallest absolute Gasteiger partial charge is 0.338 e. The first-order valence-corrected chi connectivity index (χ1v) is 16.7. The molecule has 1 aromatic heterocycles. The molecule has 1 aliphatic heterocycles. The van der Waals surface area contributed by atoms with Crippen molar-refractivity contribution in [2.45, 2.75) is 26.5 Å². The van der Waals surface area contributed by atoms with E-state index < -0.39 is 12.0 Å². The predicted molar refractivity (Wildman–Crippen MR) is 184 cm³/mol. The Bertz CT molecular complexity index is 2040. The lowest BCUT2D eigenvalue weighted by Crippen LogP contribution is -2.40. The molecule has 0 fully saturated rings. The Labute approximate surface area is 290 Å². The quantitative estimate of drug-likeness (QED) is 0.168. The number of fused-ring (bicyclic) bond motifs is 1. The van der Waals surface area contributed by atoms with Gasteiger partial charge in [0.15, 0.2) is 27.8 Å². The Morgan fingerprint density at radius 2 is 1.72 bits per heavy atom. The molecule has 1 aliphatic rings. The van der Waals surface area contributed by atoms with Crippen molar-refractivity contribution in [3.63, 3.8) is 0 Å². The number of allylic oxidation sites excluding steroid dienone is 1. The van der Waals surface area contributed by atoms with E-state index in [9.17, 15) is 9.59 Å². The summed E-state index contributed by atoms with van der Waals surface area (Å²) < 4.78 is 31.3. The van der Waals surface area contributed by atoms with Crippen LogP contribution in [0.2, 0.25) is 5.02 Å². The second-order valence-corrected chi connectivity index (χ2v) is 13.1. The fourth-order valence-corrected chi connectivity index (χ4v) is 7.40. The highest BCUT2D eigenvalue weighted by Crippen LogP contribution is 2.41. The van der Waals surface area contributed by atoms with Crippen molar-refractivity contribution in [1.29, 1.82) is 0 Å². The molecule has 3 aromatic carbocycles. The zero-order valence-electron chi connectivity index (χ0n) is 25.5. The summed E-state index contributed by atoms with van der Waals surface area (Å²) in [4.78, 5) is 32.6. The van der Waals surface area contributed by atoms with Gasteiger partial charge >= 0.3 is 5.97 Å². The lowest BCUT2D eigenvalue weighted by molar-refractivity contribution is -0.139. The van der Waals surface area contributed by atoms with Crippen LogP contribution in [-0.2, 0) is 16.1 Å². The number of hydrogen-bond donors (Lipinski definition) is 0. The molecule has 0 N–H and O–H groups in total. The number of benzene rings is 3. The fourth-order valence-electron chi connectivity index (χ4n) is 5.05. The maximum Gasteiger partial charge on any atom is 0.338 e. The number of esters is 1. The molecule has 0 radical (unpaired) electrons. The second-order valence-electron chi connectivity index (χ2n) is 9.95. The topological polar surface area (TPSA) is 97.6 Å². The lowest BCUT2D eigenvalue weighted by atomic mass is 9.95. The molecule has 0 saturated heterocycles. The van der Waals surface area contributed by atoms with Crippen molar-refractivity contribution in [3.8, 4) is 23.0 Å². The van der Waals surface area contributed by atoms with Gasteiger partial charge in [-0.3, -0.25) is 9.36 Å². The van der Waals surface area contributed by atoms with E-state index in [-0.39, 0.29) is 24.3 Å². The van der Waals surface area contributed by atoms with E-state index in [1.807, 2.05) is 24.3 Å². The zero-order valence-corrected chi connectivity index (χ0v) is 30.2. The number of rotatable bonds is 10. The van der Waals surface area contributed by atoms with Crippen molar-refractivity contribution >= 4 is 66.8 Å². The van der Waals surface area contributed by atoms with Gasteiger partial charge in [-0.2, -0.15) is 0 Å². The average Bonchev–Trinajstić information content (AvgIpc) is 3.33. The molecule has 46 heavy (non-hydrogen) atoms. The van der Waals surface area contributed by atoms with Crippen molar-refractivity contribution in [2.75, 3.05) is 27.9 Å². The largest absolute Gasteiger partial charge is 0.493 e. The van der Waals surface area contributed by atoms with Gasteiger partial charge in [0.25, 0.3) is 5.56 Å². The van der Waals surface area contributed by atoms with Crippen LogP contribution in [0.4, 0.5) is 0 Å². The summed E-state index contributed by atoms with van der Waals surface area (Å²) in [5, 5.41) is 0.601. The number of halogens is 3. The normalized spacial score (nSPS) is 14.4. The van der Waals surface area contributed by atoms with Gasteiger partial charge in [-0.1, -0.05) is 57.1 Å². The molecule has 4 aromatic rings. The van der Waals surface area contributed by atoms with Gasteiger partial charge < -0.3 is 23.7 Å². The maximum absolute atomic E-state index is 14.2. The first-order valence-electron chi connectivity index (χ1n) is 14.0. The highest BCUT2D eigenvalue weighted by atomic mass is 79.9. The second kappa shape index (κ2) is 14.5. The Kier molecular flexibility index (Phi) is 10.6. The molecule has 9 nitrogen and oxygen atoms in total. The summed E-state index contributed by atoms with van der Waals surface area (Å²) >= 11 is 14.7. The van der Waals surface area contributed by atoms with Gasteiger partial charge in [0.05, 0.1) is 54.3 Å². The molecule has 0 spiro atoms. The zero-order chi connectivity index (χ0) is 33.1. The van der Waals surface area contributed by atoms with Crippen LogP contribution < -0.4 is 33.8 Å². The number of hydrogen-bond acceptors (Lipinski definition) is 9. The molecule has 0 amide bonds. The van der Waals surface area contributed by atoms with Gasteiger partial charge in [-0.25, -0.2) is 9.79 Å². The standard InChI is InChI=1S/C33H29Br2ClN2O7S/c1-6-44-32(40)28-17(2)37-33-38(29(28)20-14-24(41-3)25(42-4)15-21(20)34)31(39)27(46-33)13-18-11-22(35)30(26(12-18)43-5)45-16-19-9-7-8-10-23(19)36/h7-15,29H,6,16H2,1-5H3/b27-13-/t29-/m0/s1. The van der Waals surface area contributed by atoms with Gasteiger partial charge in [-0.05, 0) is 77.3 Å². The summed E-state index contributed by atoms with van der Waals surface area (Å²) in [7, 11) is 4.60. The van der Waals surface area contributed by atoms with E-state index in [4.69, 9.17) is 35.3 Å². The first-order chi connectivity index (χ1) is 22.1. The van der Waals surface area contributed by atoms with Crippen molar-refractivity contribution in [1.82, 2.24) is 4.57 Å². The number of aromatic nitrogens is 1.